The Morgan fingerprint density at radius 1 is 1.20 bits per heavy atom. The molecule has 20 heavy (non-hydrogen) atoms. The van der Waals surface area contributed by atoms with Gasteiger partial charge in [-0.05, 0) is 24.3 Å². The number of hydrogen-bond acceptors (Lipinski definition) is 4. The third kappa shape index (κ3) is 3.10. The lowest BCUT2D eigenvalue weighted by Crippen LogP contribution is -2.37. The van der Waals surface area contributed by atoms with Gasteiger partial charge in [-0.1, -0.05) is 0 Å². The van der Waals surface area contributed by atoms with E-state index in [0.717, 1.165) is 12.1 Å². The van der Waals surface area contributed by atoms with Crippen LogP contribution in [0.25, 0.3) is 0 Å². The maximum Gasteiger partial charge on any atom is 0.416 e. The second-order valence-electron chi connectivity index (χ2n) is 4.15. The van der Waals surface area contributed by atoms with Crippen LogP contribution in [0.2, 0.25) is 0 Å². The summed E-state index contributed by atoms with van der Waals surface area (Å²) in [7, 11) is -4.06. The van der Waals surface area contributed by atoms with Crippen molar-refractivity contribution in [3.05, 3.63) is 29.8 Å². The smallest absolute Gasteiger partial charge is 0.416 e. The zero-order valence-corrected chi connectivity index (χ0v) is 10.8. The Hall–Kier alpha value is -1.61. The van der Waals surface area contributed by atoms with Crippen molar-refractivity contribution in [2.24, 2.45) is 0 Å². The second kappa shape index (κ2) is 5.06. The number of nitrogens with one attached hydrogen (secondary N) is 1. The fourth-order valence-corrected chi connectivity index (χ4v) is 2.90. The molecule has 0 radical (unpaired) electrons. The number of sulfonamides is 1. The van der Waals surface area contributed by atoms with E-state index in [9.17, 15) is 26.4 Å². The molecule has 2 rings (SSSR count). The Bertz CT molecular complexity index is 610. The first kappa shape index (κ1) is 14.8. The molecule has 1 heterocycles. The molecule has 0 spiro atoms. The van der Waals surface area contributed by atoms with Gasteiger partial charge in [0.05, 0.1) is 17.1 Å². The van der Waals surface area contributed by atoms with Gasteiger partial charge in [0.15, 0.2) is 0 Å². The number of ether oxygens (including phenoxy) is 1. The van der Waals surface area contributed by atoms with Crippen molar-refractivity contribution in [1.82, 2.24) is 4.72 Å². The Labute approximate surface area is 112 Å². The summed E-state index contributed by atoms with van der Waals surface area (Å²) in [6, 6.07) is 2.02. The molecule has 5 nitrogen and oxygen atoms in total. The third-order valence-corrected chi connectivity index (χ3v) is 4.21. The molecule has 0 aliphatic carbocycles. The number of halogens is 3. The van der Waals surface area contributed by atoms with Crippen LogP contribution in [0.1, 0.15) is 12.0 Å². The highest BCUT2D eigenvalue weighted by atomic mass is 32.2. The van der Waals surface area contributed by atoms with E-state index in [2.05, 4.69) is 9.46 Å². The lowest BCUT2D eigenvalue weighted by molar-refractivity contribution is -0.139. The predicted octanol–water partition coefficient (Wildman–Crippen LogP) is 1.30. The first-order valence-electron chi connectivity index (χ1n) is 5.56. The summed E-state index contributed by atoms with van der Waals surface area (Å²) in [5.41, 5.74) is -0.947. The molecule has 110 valence electrons. The van der Waals surface area contributed by atoms with E-state index in [1.165, 1.54) is 0 Å². The lowest BCUT2D eigenvalue weighted by Gasteiger charge is -2.11. The van der Waals surface area contributed by atoms with Crippen LogP contribution in [-0.4, -0.2) is 27.0 Å². The van der Waals surface area contributed by atoms with Crippen molar-refractivity contribution >= 4 is 16.0 Å². The molecular weight excluding hydrogens is 299 g/mol. The SMILES string of the molecule is O=C1OCC[C@@H]1NS(=O)(=O)c1ccc(C(F)(F)F)cc1. The standard InChI is InChI=1S/C11H10F3NO4S/c12-11(13,14)7-1-3-8(4-2-7)20(17,18)15-9-5-6-19-10(9)16/h1-4,9,15H,5-6H2/t9-/m0/s1. The van der Waals surface area contributed by atoms with Crippen LogP contribution in [0, 0.1) is 0 Å². The van der Waals surface area contributed by atoms with Gasteiger partial charge in [-0.2, -0.15) is 17.9 Å². The van der Waals surface area contributed by atoms with Crippen LogP contribution >= 0.6 is 0 Å². The van der Waals surface area contributed by atoms with Crippen molar-refractivity contribution in [2.75, 3.05) is 6.61 Å². The topological polar surface area (TPSA) is 72.5 Å². The number of benzene rings is 1. The van der Waals surface area contributed by atoms with Crippen LogP contribution in [-0.2, 0) is 25.7 Å². The first-order chi connectivity index (χ1) is 9.20. The molecule has 1 aromatic carbocycles. The number of alkyl halides is 3. The van der Waals surface area contributed by atoms with E-state index in [0.29, 0.717) is 12.1 Å². The van der Waals surface area contributed by atoms with Gasteiger partial charge in [-0.3, -0.25) is 4.79 Å². The lowest BCUT2D eigenvalue weighted by atomic mass is 10.2. The molecule has 0 aromatic heterocycles. The largest absolute Gasteiger partial charge is 0.464 e. The zero-order chi connectivity index (χ0) is 15.0. The predicted molar refractivity (Wildman–Crippen MR) is 61.1 cm³/mol. The Morgan fingerprint density at radius 2 is 1.80 bits per heavy atom. The summed E-state index contributed by atoms with van der Waals surface area (Å²) in [6.45, 7) is 0.110. The monoisotopic (exact) mass is 309 g/mol. The van der Waals surface area contributed by atoms with Crippen LogP contribution in [0.5, 0.6) is 0 Å². The Balaban J connectivity index is 2.19. The van der Waals surface area contributed by atoms with E-state index in [-0.39, 0.29) is 17.9 Å². The van der Waals surface area contributed by atoms with Crippen molar-refractivity contribution in [2.45, 2.75) is 23.5 Å². The number of carbonyl (C=O) groups excluding carboxylic acids is 1. The molecule has 0 bridgehead atoms. The van der Waals surface area contributed by atoms with Crippen LogP contribution in [0.15, 0.2) is 29.2 Å². The van der Waals surface area contributed by atoms with Gasteiger partial charge in [-0.15, -0.1) is 0 Å². The molecule has 1 aliphatic rings. The zero-order valence-electron chi connectivity index (χ0n) is 9.98. The van der Waals surface area contributed by atoms with Crippen molar-refractivity contribution in [3.8, 4) is 0 Å². The number of cyclic esters (lactones) is 1. The number of rotatable bonds is 3. The quantitative estimate of drug-likeness (QED) is 0.854. The van der Waals surface area contributed by atoms with Crippen molar-refractivity contribution in [3.63, 3.8) is 0 Å². The Kier molecular flexibility index (Phi) is 3.74. The minimum absolute atomic E-state index is 0.110. The minimum Gasteiger partial charge on any atom is -0.464 e. The average molecular weight is 309 g/mol. The summed E-state index contributed by atoms with van der Waals surface area (Å²) in [5, 5.41) is 0. The molecule has 0 amide bonds. The molecule has 9 heteroatoms. The van der Waals surface area contributed by atoms with Crippen LogP contribution in [0.4, 0.5) is 13.2 Å². The molecule has 1 aromatic rings. The average Bonchev–Trinajstić information content (AvgIpc) is 2.73. The van der Waals surface area contributed by atoms with Gasteiger partial charge in [0, 0.05) is 6.42 Å². The highest BCUT2D eigenvalue weighted by molar-refractivity contribution is 7.89. The maximum absolute atomic E-state index is 12.4. The van der Waals surface area contributed by atoms with E-state index < -0.39 is 33.8 Å². The summed E-state index contributed by atoms with van der Waals surface area (Å²) < 4.78 is 67.6. The summed E-state index contributed by atoms with van der Waals surface area (Å²) in [6.07, 6.45) is -4.34. The van der Waals surface area contributed by atoms with Gasteiger partial charge >= 0.3 is 12.1 Å². The van der Waals surface area contributed by atoms with E-state index >= 15 is 0 Å². The summed E-state index contributed by atoms with van der Waals surface area (Å²) >= 11 is 0. The van der Waals surface area contributed by atoms with Gasteiger partial charge < -0.3 is 4.74 Å². The molecule has 0 unspecified atom stereocenters. The van der Waals surface area contributed by atoms with Gasteiger partial charge in [0.25, 0.3) is 0 Å². The molecule has 1 atom stereocenters. The van der Waals surface area contributed by atoms with Gasteiger partial charge in [-0.25, -0.2) is 8.42 Å². The molecular formula is C11H10F3NO4S. The second-order valence-corrected chi connectivity index (χ2v) is 5.87. The highest BCUT2D eigenvalue weighted by Gasteiger charge is 2.33. The first-order valence-corrected chi connectivity index (χ1v) is 7.05. The molecule has 1 N–H and O–H groups in total. The van der Waals surface area contributed by atoms with E-state index in [4.69, 9.17) is 0 Å². The molecule has 1 saturated heterocycles. The summed E-state index contributed by atoms with van der Waals surface area (Å²) in [4.78, 5) is 10.8. The maximum atomic E-state index is 12.4. The fourth-order valence-electron chi connectivity index (χ4n) is 1.68. The number of carbonyl (C=O) groups is 1. The molecule has 1 aliphatic heterocycles. The minimum atomic E-state index is -4.54. The molecule has 0 saturated carbocycles. The Morgan fingerprint density at radius 3 is 2.25 bits per heavy atom. The number of esters is 1. The van der Waals surface area contributed by atoms with E-state index in [1.54, 1.807) is 0 Å². The normalized spacial score (nSPS) is 19.9. The third-order valence-electron chi connectivity index (χ3n) is 2.72. The van der Waals surface area contributed by atoms with Gasteiger partial charge in [0.1, 0.15) is 6.04 Å². The summed E-state index contributed by atoms with van der Waals surface area (Å²) in [5.74, 6) is -0.694. The van der Waals surface area contributed by atoms with Gasteiger partial charge in [0.2, 0.25) is 10.0 Å². The highest BCUT2D eigenvalue weighted by Crippen LogP contribution is 2.29. The van der Waals surface area contributed by atoms with Crippen molar-refractivity contribution < 1.29 is 31.1 Å². The number of hydrogen-bond donors (Lipinski definition) is 1. The van der Waals surface area contributed by atoms with Crippen LogP contribution in [0.3, 0.4) is 0 Å². The fraction of sp³-hybridized carbons (Fsp3) is 0.364. The van der Waals surface area contributed by atoms with Crippen LogP contribution < -0.4 is 4.72 Å². The van der Waals surface area contributed by atoms with E-state index in [1.807, 2.05) is 0 Å². The van der Waals surface area contributed by atoms with Crippen molar-refractivity contribution in [1.29, 1.82) is 0 Å². The molecule has 1 fully saturated rings.